The number of benzene rings is 1. The van der Waals surface area contributed by atoms with E-state index < -0.39 is 11.6 Å². The Morgan fingerprint density at radius 1 is 1.25 bits per heavy atom. The summed E-state index contributed by atoms with van der Waals surface area (Å²) in [4.78, 5) is 0. The molecule has 2 heteroatoms. The molecule has 0 nitrogen and oxygen atoms in total. The molecule has 0 amide bonds. The maximum atomic E-state index is 13.0. The highest BCUT2D eigenvalue weighted by molar-refractivity contribution is 5.21. The highest BCUT2D eigenvalue weighted by atomic mass is 19.1. The molecule has 1 aromatic rings. The lowest BCUT2D eigenvalue weighted by Gasteiger charge is -2.04. The summed E-state index contributed by atoms with van der Waals surface area (Å²) in [7, 11) is 0. The molecule has 1 rings (SSSR count). The first-order chi connectivity index (χ1) is 5.59. The van der Waals surface area contributed by atoms with Gasteiger partial charge in [0.05, 0.1) is 0 Å². The van der Waals surface area contributed by atoms with Gasteiger partial charge in [0, 0.05) is 6.07 Å². The molecule has 0 saturated heterocycles. The largest absolute Gasteiger partial charge is 0.207 e. The van der Waals surface area contributed by atoms with Gasteiger partial charge in [0.2, 0.25) is 0 Å². The van der Waals surface area contributed by atoms with Crippen LogP contribution in [0.3, 0.4) is 0 Å². The number of rotatable bonds is 2. The third-order valence-electron chi connectivity index (χ3n) is 1.56. The minimum absolute atomic E-state index is 0.462. The third kappa shape index (κ3) is 2.29. The predicted octanol–water partition coefficient (Wildman–Crippen LogP) is 3.12. The van der Waals surface area contributed by atoms with E-state index in [-0.39, 0.29) is 0 Å². The zero-order valence-corrected chi connectivity index (χ0v) is 7.20. The Hall–Kier alpha value is -0.920. The van der Waals surface area contributed by atoms with Crippen molar-refractivity contribution < 1.29 is 8.78 Å². The summed E-state index contributed by atoms with van der Waals surface area (Å²) in [6, 6.07) is 3.68. The molecular formula is C10H11F2. The van der Waals surface area contributed by atoms with Crippen LogP contribution in [-0.4, -0.2) is 0 Å². The zero-order valence-electron chi connectivity index (χ0n) is 7.20. The van der Waals surface area contributed by atoms with Gasteiger partial charge in [-0.25, -0.2) is 8.78 Å². The van der Waals surface area contributed by atoms with Crippen molar-refractivity contribution in [1.29, 1.82) is 0 Å². The van der Waals surface area contributed by atoms with Crippen molar-refractivity contribution in [3.63, 3.8) is 0 Å². The van der Waals surface area contributed by atoms with Crippen LogP contribution in [0.5, 0.6) is 0 Å². The van der Waals surface area contributed by atoms with E-state index in [1.165, 1.54) is 12.1 Å². The fourth-order valence-electron chi connectivity index (χ4n) is 1.05. The molecule has 0 unspecified atom stereocenters. The Bertz CT molecular complexity index is 267. The van der Waals surface area contributed by atoms with Crippen molar-refractivity contribution in [3.8, 4) is 0 Å². The normalized spacial score (nSPS) is 10.8. The van der Waals surface area contributed by atoms with Gasteiger partial charge >= 0.3 is 0 Å². The Balaban J connectivity index is 2.86. The Morgan fingerprint density at radius 2 is 1.92 bits per heavy atom. The van der Waals surface area contributed by atoms with Gasteiger partial charge in [-0.3, -0.25) is 0 Å². The van der Waals surface area contributed by atoms with Gasteiger partial charge in [0.15, 0.2) is 0 Å². The minimum atomic E-state index is -0.523. The predicted molar refractivity (Wildman–Crippen MR) is 44.7 cm³/mol. The molecule has 0 atom stereocenters. The fourth-order valence-corrected chi connectivity index (χ4v) is 1.05. The van der Waals surface area contributed by atoms with Crippen molar-refractivity contribution in [2.24, 2.45) is 0 Å². The topological polar surface area (TPSA) is 0 Å². The van der Waals surface area contributed by atoms with E-state index in [4.69, 9.17) is 0 Å². The summed E-state index contributed by atoms with van der Waals surface area (Å²) in [6.07, 6.45) is 0.576. The average Bonchev–Trinajstić information content (AvgIpc) is 1.94. The van der Waals surface area contributed by atoms with Crippen LogP contribution in [-0.2, 0) is 6.42 Å². The van der Waals surface area contributed by atoms with E-state index in [2.05, 4.69) is 0 Å². The van der Waals surface area contributed by atoms with E-state index in [0.717, 1.165) is 12.0 Å². The minimum Gasteiger partial charge on any atom is -0.207 e. The van der Waals surface area contributed by atoms with E-state index in [1.807, 2.05) is 13.8 Å². The maximum absolute atomic E-state index is 13.0. The van der Waals surface area contributed by atoms with Crippen molar-refractivity contribution in [3.05, 3.63) is 41.3 Å². The molecule has 0 aliphatic heterocycles. The van der Waals surface area contributed by atoms with Gasteiger partial charge in [-0.2, -0.15) is 0 Å². The highest BCUT2D eigenvalue weighted by Gasteiger charge is 2.05. The van der Waals surface area contributed by atoms with Crippen LogP contribution in [0.1, 0.15) is 19.4 Å². The molecule has 65 valence electrons. The second kappa shape index (κ2) is 3.65. The van der Waals surface area contributed by atoms with Gasteiger partial charge in [0.25, 0.3) is 0 Å². The van der Waals surface area contributed by atoms with E-state index in [9.17, 15) is 8.78 Å². The summed E-state index contributed by atoms with van der Waals surface area (Å²) < 4.78 is 25.4. The zero-order chi connectivity index (χ0) is 9.14. The molecule has 0 N–H and O–H groups in total. The summed E-state index contributed by atoms with van der Waals surface area (Å²) >= 11 is 0. The van der Waals surface area contributed by atoms with Gasteiger partial charge in [-0.15, -0.1) is 0 Å². The standard InChI is InChI=1S/C10H11F2/c1-7(2)5-8-3-4-9(11)6-10(8)12/h3-4,6H,5H2,1-2H3. The van der Waals surface area contributed by atoms with Crippen LogP contribution in [0, 0.1) is 17.6 Å². The molecule has 0 aliphatic carbocycles. The summed E-state index contributed by atoms with van der Waals surface area (Å²) in [6.45, 7) is 3.84. The lowest BCUT2D eigenvalue weighted by atomic mass is 10.0. The van der Waals surface area contributed by atoms with Crippen LogP contribution < -0.4 is 0 Å². The van der Waals surface area contributed by atoms with Crippen molar-refractivity contribution in [2.45, 2.75) is 20.3 Å². The molecule has 0 heterocycles. The van der Waals surface area contributed by atoms with Crippen molar-refractivity contribution in [1.82, 2.24) is 0 Å². The van der Waals surface area contributed by atoms with E-state index >= 15 is 0 Å². The highest BCUT2D eigenvalue weighted by Crippen LogP contribution is 2.14. The fraction of sp³-hybridized carbons (Fsp3) is 0.300. The first-order valence-electron chi connectivity index (χ1n) is 3.82. The average molecular weight is 169 g/mol. The molecule has 0 aliphatic rings. The summed E-state index contributed by atoms with van der Waals surface area (Å²) in [5, 5.41) is 0. The molecule has 1 radical (unpaired) electrons. The van der Waals surface area contributed by atoms with Crippen LogP contribution in [0.25, 0.3) is 0 Å². The van der Waals surface area contributed by atoms with Crippen LogP contribution >= 0.6 is 0 Å². The van der Waals surface area contributed by atoms with E-state index in [0.29, 0.717) is 12.0 Å². The Labute approximate surface area is 71.2 Å². The SMILES string of the molecule is C[C](C)Cc1ccc(F)cc1F. The molecule has 0 aromatic heterocycles. The first-order valence-corrected chi connectivity index (χ1v) is 3.82. The number of hydrogen-bond acceptors (Lipinski definition) is 0. The maximum Gasteiger partial charge on any atom is 0.129 e. The first kappa shape index (κ1) is 9.17. The molecular weight excluding hydrogens is 158 g/mol. The molecule has 1 aromatic carbocycles. The number of halogens is 2. The van der Waals surface area contributed by atoms with Crippen molar-refractivity contribution >= 4 is 0 Å². The summed E-state index contributed by atoms with van der Waals surface area (Å²) in [5.41, 5.74) is 0.552. The van der Waals surface area contributed by atoms with Gasteiger partial charge in [-0.05, 0) is 24.0 Å². The second-order valence-electron chi connectivity index (χ2n) is 3.12. The second-order valence-corrected chi connectivity index (χ2v) is 3.12. The Kier molecular flexibility index (Phi) is 2.79. The quantitative estimate of drug-likeness (QED) is 0.638. The van der Waals surface area contributed by atoms with E-state index in [1.54, 1.807) is 0 Å². The monoisotopic (exact) mass is 169 g/mol. The van der Waals surface area contributed by atoms with Gasteiger partial charge in [-0.1, -0.05) is 19.9 Å². The van der Waals surface area contributed by atoms with Crippen LogP contribution in [0.4, 0.5) is 8.78 Å². The molecule has 0 fully saturated rings. The van der Waals surface area contributed by atoms with Crippen molar-refractivity contribution in [2.75, 3.05) is 0 Å². The van der Waals surface area contributed by atoms with Crippen LogP contribution in [0.2, 0.25) is 0 Å². The third-order valence-corrected chi connectivity index (χ3v) is 1.56. The molecule has 0 bridgehead atoms. The van der Waals surface area contributed by atoms with Gasteiger partial charge in [0.1, 0.15) is 11.6 Å². The molecule has 0 spiro atoms. The van der Waals surface area contributed by atoms with Crippen LogP contribution in [0.15, 0.2) is 18.2 Å². The molecule has 12 heavy (non-hydrogen) atoms. The lowest BCUT2D eigenvalue weighted by Crippen LogP contribution is -1.96. The summed E-state index contributed by atoms with van der Waals surface area (Å²) in [5.74, 6) is 0.127. The molecule has 0 saturated carbocycles. The van der Waals surface area contributed by atoms with Gasteiger partial charge < -0.3 is 0 Å². The Morgan fingerprint density at radius 3 is 2.42 bits per heavy atom. The lowest BCUT2D eigenvalue weighted by molar-refractivity contribution is 0.572. The number of hydrogen-bond donors (Lipinski definition) is 0. The smallest absolute Gasteiger partial charge is 0.129 e.